The lowest BCUT2D eigenvalue weighted by molar-refractivity contribution is -0.136. The molecule has 0 aromatic carbocycles. The lowest BCUT2D eigenvalue weighted by Crippen LogP contribution is -2.52. The predicted molar refractivity (Wildman–Crippen MR) is 62.5 cm³/mol. The number of rotatable bonds is 2. The van der Waals surface area contributed by atoms with E-state index in [4.69, 9.17) is 5.73 Å². The topological polar surface area (TPSA) is 46.3 Å². The number of carbonyl (C=O) groups excluding carboxylic acids is 1. The molecule has 1 aliphatic rings. The van der Waals surface area contributed by atoms with Gasteiger partial charge in [0, 0.05) is 13.1 Å². The zero-order valence-electron chi connectivity index (χ0n) is 10.3. The summed E-state index contributed by atoms with van der Waals surface area (Å²) in [6.45, 7) is 3.56. The summed E-state index contributed by atoms with van der Waals surface area (Å²) in [6.07, 6.45) is 7.38. The summed E-state index contributed by atoms with van der Waals surface area (Å²) < 4.78 is 0. The Morgan fingerprint density at radius 3 is 2.07 bits per heavy atom. The van der Waals surface area contributed by atoms with Gasteiger partial charge in [0.05, 0.1) is 5.54 Å². The van der Waals surface area contributed by atoms with Crippen LogP contribution in [0.4, 0.5) is 0 Å². The second-order valence-corrected chi connectivity index (χ2v) is 5.28. The van der Waals surface area contributed by atoms with Crippen LogP contribution in [0.3, 0.4) is 0 Å². The highest BCUT2D eigenvalue weighted by molar-refractivity contribution is 5.85. The van der Waals surface area contributed by atoms with Crippen molar-refractivity contribution in [2.24, 2.45) is 5.73 Å². The first-order chi connectivity index (χ1) is 6.93. The van der Waals surface area contributed by atoms with Gasteiger partial charge in [0.1, 0.15) is 0 Å². The molecule has 1 aliphatic carbocycles. The molecule has 1 rings (SSSR count). The van der Waals surface area contributed by atoms with Crippen LogP contribution in [0.15, 0.2) is 0 Å². The number of nitrogens with zero attached hydrogens (tertiary/aromatic N) is 1. The summed E-state index contributed by atoms with van der Waals surface area (Å²) in [5, 5.41) is 0. The van der Waals surface area contributed by atoms with Crippen LogP contribution in [-0.2, 0) is 4.79 Å². The summed E-state index contributed by atoms with van der Waals surface area (Å²) in [7, 11) is 1.90. The van der Waals surface area contributed by atoms with E-state index < -0.39 is 5.54 Å². The van der Waals surface area contributed by atoms with Crippen molar-refractivity contribution >= 4 is 5.91 Å². The fourth-order valence-electron chi connectivity index (χ4n) is 2.27. The number of likely N-dealkylation sites (N-methyl/N-ethyl adjacent to an activating group) is 1. The Morgan fingerprint density at radius 2 is 1.67 bits per heavy atom. The quantitative estimate of drug-likeness (QED) is 0.711. The molecule has 0 atom stereocenters. The molecule has 0 radical (unpaired) electrons. The Hall–Kier alpha value is -0.570. The van der Waals surface area contributed by atoms with Crippen LogP contribution in [-0.4, -0.2) is 29.4 Å². The molecule has 0 aliphatic heterocycles. The largest absolute Gasteiger partial charge is 0.341 e. The number of hydrogen-bond acceptors (Lipinski definition) is 2. The second-order valence-electron chi connectivity index (χ2n) is 5.28. The highest BCUT2D eigenvalue weighted by atomic mass is 16.2. The van der Waals surface area contributed by atoms with Gasteiger partial charge in [-0.15, -0.1) is 0 Å². The minimum atomic E-state index is -0.735. The fourth-order valence-corrected chi connectivity index (χ4v) is 2.27. The molecule has 0 saturated heterocycles. The smallest absolute Gasteiger partial charge is 0.242 e. The molecule has 0 aromatic heterocycles. The summed E-state index contributed by atoms with van der Waals surface area (Å²) in [5.41, 5.74) is 5.10. The van der Waals surface area contributed by atoms with Gasteiger partial charge < -0.3 is 10.6 Å². The molecular weight excluding hydrogens is 188 g/mol. The molecule has 0 bridgehead atoms. The maximum Gasteiger partial charge on any atom is 0.242 e. The zero-order valence-corrected chi connectivity index (χ0v) is 10.3. The van der Waals surface area contributed by atoms with E-state index in [-0.39, 0.29) is 5.91 Å². The minimum absolute atomic E-state index is 0.0643. The van der Waals surface area contributed by atoms with Crippen LogP contribution in [0.5, 0.6) is 0 Å². The van der Waals surface area contributed by atoms with E-state index in [1.54, 1.807) is 13.8 Å². The average molecular weight is 212 g/mol. The van der Waals surface area contributed by atoms with Crippen LogP contribution in [0.2, 0.25) is 0 Å². The molecule has 0 aromatic rings. The molecule has 2 N–H and O–H groups in total. The van der Waals surface area contributed by atoms with Gasteiger partial charge in [0.15, 0.2) is 0 Å². The molecule has 0 spiro atoms. The van der Waals surface area contributed by atoms with E-state index in [9.17, 15) is 4.79 Å². The molecule has 88 valence electrons. The van der Waals surface area contributed by atoms with Crippen molar-refractivity contribution in [3.8, 4) is 0 Å². The predicted octanol–water partition coefficient (Wildman–Crippen LogP) is 1.90. The standard InChI is InChI=1S/C12H24N2O/c1-12(2,13)11(15)14(3)10-8-6-4-5-7-9-10/h10H,4-9,13H2,1-3H3. The fraction of sp³-hybridized carbons (Fsp3) is 0.917. The highest BCUT2D eigenvalue weighted by Gasteiger charge is 2.29. The second kappa shape index (κ2) is 4.97. The van der Waals surface area contributed by atoms with Gasteiger partial charge >= 0.3 is 0 Å². The van der Waals surface area contributed by atoms with Crippen molar-refractivity contribution < 1.29 is 4.79 Å². The van der Waals surface area contributed by atoms with E-state index in [2.05, 4.69) is 0 Å². The first-order valence-corrected chi connectivity index (χ1v) is 5.99. The van der Waals surface area contributed by atoms with Crippen molar-refractivity contribution in [3.63, 3.8) is 0 Å². The molecule has 3 heteroatoms. The minimum Gasteiger partial charge on any atom is -0.341 e. The van der Waals surface area contributed by atoms with Gasteiger partial charge in [-0.2, -0.15) is 0 Å². The Labute approximate surface area is 93.0 Å². The Balaban J connectivity index is 2.58. The van der Waals surface area contributed by atoms with Crippen molar-refractivity contribution in [1.82, 2.24) is 4.90 Å². The SMILES string of the molecule is CN(C(=O)C(C)(C)N)C1CCCCCC1. The number of carbonyl (C=O) groups is 1. The Bertz CT molecular complexity index is 212. The molecule has 1 saturated carbocycles. The molecule has 1 amide bonds. The van der Waals surface area contributed by atoms with Crippen LogP contribution in [0, 0.1) is 0 Å². The van der Waals surface area contributed by atoms with Gasteiger partial charge in [-0.3, -0.25) is 4.79 Å². The molecule has 0 unspecified atom stereocenters. The maximum absolute atomic E-state index is 12.0. The van der Waals surface area contributed by atoms with Crippen molar-refractivity contribution in [2.75, 3.05) is 7.05 Å². The van der Waals surface area contributed by atoms with Crippen LogP contribution in [0.25, 0.3) is 0 Å². The lowest BCUT2D eigenvalue weighted by atomic mass is 10.0. The lowest BCUT2D eigenvalue weighted by Gasteiger charge is -2.32. The van der Waals surface area contributed by atoms with Crippen molar-refractivity contribution in [1.29, 1.82) is 0 Å². The third kappa shape index (κ3) is 3.49. The summed E-state index contributed by atoms with van der Waals surface area (Å²) >= 11 is 0. The highest BCUT2D eigenvalue weighted by Crippen LogP contribution is 2.22. The van der Waals surface area contributed by atoms with E-state index in [1.807, 2.05) is 11.9 Å². The van der Waals surface area contributed by atoms with Gasteiger partial charge in [-0.25, -0.2) is 0 Å². The van der Waals surface area contributed by atoms with Crippen molar-refractivity contribution in [2.45, 2.75) is 64.0 Å². The average Bonchev–Trinajstić information content (AvgIpc) is 2.42. The third-order valence-electron chi connectivity index (χ3n) is 3.24. The third-order valence-corrected chi connectivity index (χ3v) is 3.24. The summed E-state index contributed by atoms with van der Waals surface area (Å²) in [5.74, 6) is 0.0643. The van der Waals surface area contributed by atoms with Gasteiger partial charge in [0.25, 0.3) is 0 Å². The van der Waals surface area contributed by atoms with Crippen LogP contribution in [0.1, 0.15) is 52.4 Å². The van der Waals surface area contributed by atoms with Gasteiger partial charge in [0.2, 0.25) is 5.91 Å². The first-order valence-electron chi connectivity index (χ1n) is 5.99. The molecule has 15 heavy (non-hydrogen) atoms. The first kappa shape index (κ1) is 12.5. The van der Waals surface area contributed by atoms with E-state index in [1.165, 1.54) is 25.7 Å². The maximum atomic E-state index is 12.0. The monoisotopic (exact) mass is 212 g/mol. The number of amides is 1. The molecule has 3 nitrogen and oxygen atoms in total. The van der Waals surface area contributed by atoms with Gasteiger partial charge in [-0.1, -0.05) is 25.7 Å². The molecule has 1 fully saturated rings. The molecule has 0 heterocycles. The Kier molecular flexibility index (Phi) is 4.14. The van der Waals surface area contributed by atoms with E-state index in [0.717, 1.165) is 12.8 Å². The summed E-state index contributed by atoms with van der Waals surface area (Å²) in [6, 6.07) is 0.405. The van der Waals surface area contributed by atoms with E-state index in [0.29, 0.717) is 6.04 Å². The zero-order chi connectivity index (χ0) is 11.5. The number of nitrogens with two attached hydrogens (primary N) is 1. The molecular formula is C12H24N2O. The summed E-state index contributed by atoms with van der Waals surface area (Å²) in [4.78, 5) is 13.8. The van der Waals surface area contributed by atoms with Crippen molar-refractivity contribution in [3.05, 3.63) is 0 Å². The Morgan fingerprint density at radius 1 is 1.20 bits per heavy atom. The van der Waals surface area contributed by atoms with E-state index >= 15 is 0 Å². The van der Waals surface area contributed by atoms with Crippen LogP contribution >= 0.6 is 0 Å². The van der Waals surface area contributed by atoms with Gasteiger partial charge in [-0.05, 0) is 26.7 Å². The van der Waals surface area contributed by atoms with Crippen LogP contribution < -0.4 is 5.73 Å². The normalized spacial score (nSPS) is 19.7. The number of hydrogen-bond donors (Lipinski definition) is 1.